The van der Waals surface area contributed by atoms with E-state index >= 15 is 0 Å². The summed E-state index contributed by atoms with van der Waals surface area (Å²) < 4.78 is 2.22. The molecule has 0 unspecified atom stereocenters. The maximum absolute atomic E-state index is 11.2. The Hall–Kier alpha value is -6.44. The second kappa shape index (κ2) is 33.7. The SMILES string of the molecule is CCCCCCc1cc(C)c(-n2ccnc2-c2ccccc2)c(C)c1.CCCCCCc1cc(C)c(N)c(C)c1.CCCCCCc1cc(C)c(N2CCN=C2c2ccccc2)c(C)c1.O=C(NCCCl)c1ccccc1. The molecule has 1 aliphatic heterocycles. The summed E-state index contributed by atoms with van der Waals surface area (Å²) in [6, 6.07) is 44.0. The molecule has 0 saturated heterocycles. The van der Waals surface area contributed by atoms with Crippen LogP contribution in [0.2, 0.25) is 0 Å². The molecular weight excluding hydrogens is 964 g/mol. The fourth-order valence-corrected chi connectivity index (χ4v) is 10.4. The molecule has 8 heteroatoms. The summed E-state index contributed by atoms with van der Waals surface area (Å²) in [6.45, 7) is 22.3. The summed E-state index contributed by atoms with van der Waals surface area (Å²) in [6.07, 6.45) is 23.4. The van der Waals surface area contributed by atoms with E-state index in [2.05, 4.69) is 179 Å². The van der Waals surface area contributed by atoms with E-state index in [0.717, 1.165) is 36.0 Å². The second-order valence-corrected chi connectivity index (χ2v) is 21.1. The number of nitrogens with zero attached hydrogens (tertiary/aromatic N) is 4. The number of aromatic nitrogens is 2. The molecule has 0 atom stereocenters. The molecule has 0 saturated carbocycles. The number of anilines is 2. The Morgan fingerprint density at radius 1 is 0.558 bits per heavy atom. The number of hydrogen-bond acceptors (Lipinski definition) is 5. The lowest BCUT2D eigenvalue weighted by Crippen LogP contribution is -2.29. The van der Waals surface area contributed by atoms with Crippen LogP contribution in [-0.4, -0.2) is 46.8 Å². The van der Waals surface area contributed by atoms with Crippen LogP contribution in [0.4, 0.5) is 11.4 Å². The Morgan fingerprint density at radius 2 is 0.987 bits per heavy atom. The van der Waals surface area contributed by atoms with Gasteiger partial charge < -0.3 is 16.0 Å². The third kappa shape index (κ3) is 19.5. The number of nitrogens with one attached hydrogen (secondary N) is 1. The lowest BCUT2D eigenvalue weighted by molar-refractivity contribution is 0.0956. The Kier molecular flexibility index (Phi) is 26.8. The Labute approximate surface area is 469 Å². The van der Waals surface area contributed by atoms with E-state index in [1.807, 2.05) is 30.5 Å². The van der Waals surface area contributed by atoms with Gasteiger partial charge >= 0.3 is 0 Å². The number of hydrogen-bond donors (Lipinski definition) is 2. The van der Waals surface area contributed by atoms with E-state index in [-0.39, 0.29) is 5.91 Å². The Morgan fingerprint density at radius 3 is 1.44 bits per heavy atom. The van der Waals surface area contributed by atoms with Gasteiger partial charge in [-0.2, -0.15) is 0 Å². The number of carbonyl (C=O) groups excluding carboxylic acids is 1. The fraction of sp³-hybridized carbons (Fsp3) is 0.406. The molecule has 8 rings (SSSR count). The standard InChI is InChI=1S/C23H30N2.C23H28N2.C14H23N.C9H10ClNO/c2*1-4-5-6-8-11-20-16-18(2)22(19(3)17-20)25-15-14-24-23(25)21-12-9-7-10-13-21;1-4-5-6-7-8-13-9-11(2)14(15)12(3)10-13;10-6-7-11-9(12)8-4-2-1-3-5-8/h7,9-10,12-13,16-17H,4-6,8,11,14-15H2,1-3H3;7,9-10,12-17H,4-6,8,11H2,1-3H3;9-10H,4-8,15H2,1-3H3;1-5H,6-7H2,(H,11,12). The highest BCUT2D eigenvalue weighted by Gasteiger charge is 2.23. The summed E-state index contributed by atoms with van der Waals surface area (Å²) in [4.78, 5) is 23.0. The average Bonchev–Trinajstić information content (AvgIpc) is 4.15. The first kappa shape index (κ1) is 61.4. The van der Waals surface area contributed by atoms with Crippen molar-refractivity contribution >= 4 is 34.7 Å². The van der Waals surface area contributed by atoms with Crippen LogP contribution in [0.3, 0.4) is 0 Å². The van der Waals surface area contributed by atoms with Gasteiger partial charge in [0.05, 0.1) is 12.2 Å². The molecular formula is C69H91ClN6O. The van der Waals surface area contributed by atoms with Gasteiger partial charge in [-0.15, -0.1) is 11.6 Å². The predicted molar refractivity (Wildman–Crippen MR) is 333 cm³/mol. The average molecular weight is 1060 g/mol. The van der Waals surface area contributed by atoms with Gasteiger partial charge in [0.2, 0.25) is 0 Å². The van der Waals surface area contributed by atoms with Crippen molar-refractivity contribution in [3.8, 4) is 17.1 Å². The smallest absolute Gasteiger partial charge is 0.251 e. The van der Waals surface area contributed by atoms with E-state index in [9.17, 15) is 4.79 Å². The van der Waals surface area contributed by atoms with Crippen LogP contribution in [0, 0.1) is 41.5 Å². The van der Waals surface area contributed by atoms with E-state index in [1.165, 1.54) is 163 Å². The molecule has 7 aromatic rings. The molecule has 6 aromatic carbocycles. The highest BCUT2D eigenvalue weighted by molar-refractivity contribution is 6.18. The third-order valence-electron chi connectivity index (χ3n) is 14.2. The van der Waals surface area contributed by atoms with Crippen molar-refractivity contribution in [1.82, 2.24) is 14.9 Å². The monoisotopic (exact) mass is 1050 g/mol. The van der Waals surface area contributed by atoms with Gasteiger partial charge in [0, 0.05) is 59.4 Å². The van der Waals surface area contributed by atoms with Gasteiger partial charge in [0.1, 0.15) is 11.7 Å². The molecule has 0 spiro atoms. The van der Waals surface area contributed by atoms with Gasteiger partial charge in [-0.25, -0.2) is 4.98 Å². The fourth-order valence-electron chi connectivity index (χ4n) is 10.3. The van der Waals surface area contributed by atoms with Crippen molar-refractivity contribution in [2.24, 2.45) is 4.99 Å². The van der Waals surface area contributed by atoms with Gasteiger partial charge in [0.25, 0.3) is 5.91 Å². The molecule has 1 aliphatic rings. The number of aliphatic imine (C=N–C) groups is 1. The minimum Gasteiger partial charge on any atom is -0.398 e. The third-order valence-corrected chi connectivity index (χ3v) is 14.4. The first-order chi connectivity index (χ1) is 37.4. The largest absolute Gasteiger partial charge is 0.398 e. The number of rotatable bonds is 22. The minimum absolute atomic E-state index is 0.0729. The summed E-state index contributed by atoms with van der Waals surface area (Å²) in [5.41, 5.74) is 24.7. The number of unbranched alkanes of at least 4 members (excludes halogenated alkanes) is 9. The van der Waals surface area contributed by atoms with Gasteiger partial charge in [-0.1, -0.05) is 194 Å². The quantitative estimate of drug-likeness (QED) is 0.0402. The summed E-state index contributed by atoms with van der Waals surface area (Å²) in [7, 11) is 0. The normalized spacial score (nSPS) is 11.7. The zero-order valence-electron chi connectivity index (χ0n) is 48.4. The summed E-state index contributed by atoms with van der Waals surface area (Å²) in [5.74, 6) is 2.49. The maximum Gasteiger partial charge on any atom is 0.251 e. The number of nitrogen functional groups attached to an aromatic ring is 1. The van der Waals surface area contributed by atoms with Crippen LogP contribution in [0.1, 0.15) is 164 Å². The van der Waals surface area contributed by atoms with E-state index in [0.29, 0.717) is 18.0 Å². The molecule has 0 bridgehead atoms. The van der Waals surface area contributed by atoms with Crippen LogP contribution < -0.4 is 16.0 Å². The van der Waals surface area contributed by atoms with Crippen molar-refractivity contribution in [2.75, 3.05) is 36.1 Å². The molecule has 1 amide bonds. The minimum atomic E-state index is -0.0729. The highest BCUT2D eigenvalue weighted by atomic mass is 35.5. The maximum atomic E-state index is 11.2. The molecule has 2 heterocycles. The number of amidine groups is 1. The lowest BCUT2D eigenvalue weighted by Gasteiger charge is -2.25. The van der Waals surface area contributed by atoms with Crippen molar-refractivity contribution in [1.29, 1.82) is 0 Å². The first-order valence-electron chi connectivity index (χ1n) is 28.8. The molecule has 3 N–H and O–H groups in total. The van der Waals surface area contributed by atoms with Crippen LogP contribution >= 0.6 is 11.6 Å². The van der Waals surface area contributed by atoms with Crippen LogP contribution in [-0.2, 0) is 19.3 Å². The number of nitrogens with two attached hydrogens (primary N) is 1. The Balaban J connectivity index is 0.000000198. The first-order valence-corrected chi connectivity index (χ1v) is 29.4. The number of halogens is 1. The van der Waals surface area contributed by atoms with E-state index in [4.69, 9.17) is 22.3 Å². The zero-order valence-corrected chi connectivity index (χ0v) is 49.1. The molecule has 0 fully saturated rings. The summed E-state index contributed by atoms with van der Waals surface area (Å²) in [5, 5.41) is 2.68. The Bertz CT molecular complexity index is 2790. The molecule has 0 radical (unpaired) electrons. The van der Waals surface area contributed by atoms with E-state index in [1.54, 1.807) is 12.1 Å². The van der Waals surface area contributed by atoms with Gasteiger partial charge in [0.15, 0.2) is 0 Å². The van der Waals surface area contributed by atoms with Gasteiger partial charge in [-0.3, -0.25) is 14.4 Å². The topological polar surface area (TPSA) is 88.5 Å². The molecule has 77 heavy (non-hydrogen) atoms. The van der Waals surface area contributed by atoms with Gasteiger partial charge in [-0.05, 0) is 142 Å². The number of carbonyl (C=O) groups is 1. The number of aryl methyl sites for hydroxylation is 9. The second-order valence-electron chi connectivity index (χ2n) is 20.8. The van der Waals surface area contributed by atoms with Crippen molar-refractivity contribution in [3.63, 3.8) is 0 Å². The van der Waals surface area contributed by atoms with Crippen molar-refractivity contribution < 1.29 is 4.79 Å². The summed E-state index contributed by atoms with van der Waals surface area (Å²) >= 11 is 5.42. The number of amides is 1. The number of benzene rings is 6. The molecule has 7 nitrogen and oxygen atoms in total. The number of alkyl halides is 1. The van der Waals surface area contributed by atoms with E-state index < -0.39 is 0 Å². The lowest BCUT2D eigenvalue weighted by atomic mass is 9.98. The highest BCUT2D eigenvalue weighted by Crippen LogP contribution is 2.31. The molecule has 410 valence electrons. The predicted octanol–water partition coefficient (Wildman–Crippen LogP) is 17.6. The van der Waals surface area contributed by atoms with Crippen LogP contribution in [0.5, 0.6) is 0 Å². The van der Waals surface area contributed by atoms with Crippen molar-refractivity contribution in [3.05, 3.63) is 201 Å². The zero-order chi connectivity index (χ0) is 55.4. The van der Waals surface area contributed by atoms with Crippen molar-refractivity contribution in [2.45, 2.75) is 159 Å². The van der Waals surface area contributed by atoms with Crippen LogP contribution in [0.15, 0.2) is 145 Å². The molecule has 1 aromatic heterocycles. The molecule has 0 aliphatic carbocycles. The number of imidazole rings is 1. The van der Waals surface area contributed by atoms with Crippen LogP contribution in [0.25, 0.3) is 17.1 Å².